The largest absolute Gasteiger partial charge is 0.488 e. The van der Waals surface area contributed by atoms with E-state index in [4.69, 9.17) is 14.2 Å². The maximum atomic E-state index is 11.1. The smallest absolute Gasteiger partial charge is 0.188 e. The molecule has 2 aromatic rings. The predicted octanol–water partition coefficient (Wildman–Crippen LogP) is 3.92. The summed E-state index contributed by atoms with van der Waals surface area (Å²) in [5, 5.41) is 0. The lowest BCUT2D eigenvalue weighted by molar-refractivity contribution is -0.107. The third kappa shape index (κ3) is 4.71. The highest BCUT2D eigenvalue weighted by atomic mass is 127. The van der Waals surface area contributed by atoms with Crippen molar-refractivity contribution in [3.05, 3.63) is 59.7 Å². The van der Waals surface area contributed by atoms with E-state index in [1.807, 2.05) is 36.4 Å². The minimum atomic E-state index is -0.264. The highest BCUT2D eigenvalue weighted by molar-refractivity contribution is 14.1. The molecule has 0 aliphatic heterocycles. The first-order chi connectivity index (χ1) is 10.7. The number of halogens is 1. The van der Waals surface area contributed by atoms with Crippen LogP contribution in [0.1, 0.15) is 15.1 Å². The average Bonchev–Trinajstić information content (AvgIpc) is 2.58. The van der Waals surface area contributed by atoms with Gasteiger partial charge in [0.05, 0.1) is 3.92 Å². The van der Waals surface area contributed by atoms with E-state index in [0.717, 1.165) is 17.4 Å². The number of rotatable bonds is 8. The van der Waals surface area contributed by atoms with Crippen LogP contribution in [-0.4, -0.2) is 20.2 Å². The summed E-state index contributed by atoms with van der Waals surface area (Å²) in [5.74, 6) is 1.28. The zero-order chi connectivity index (χ0) is 15.8. The van der Waals surface area contributed by atoms with Crippen molar-refractivity contribution in [2.24, 2.45) is 0 Å². The summed E-state index contributed by atoms with van der Waals surface area (Å²) in [4.78, 5) is 11.1. The fraction of sp³-hybridized carbons (Fsp3) is 0.235. The molecular weight excluding hydrogens is 395 g/mol. The maximum absolute atomic E-state index is 11.1. The number of ether oxygens (including phenoxy) is 3. The lowest BCUT2D eigenvalue weighted by Gasteiger charge is -2.15. The van der Waals surface area contributed by atoms with Gasteiger partial charge in [0.2, 0.25) is 0 Å². The highest BCUT2D eigenvalue weighted by Gasteiger charge is 2.14. The van der Waals surface area contributed by atoms with E-state index in [0.29, 0.717) is 18.1 Å². The second-order valence-electron chi connectivity index (χ2n) is 4.56. The number of aldehydes is 1. The summed E-state index contributed by atoms with van der Waals surface area (Å²) < 4.78 is 15.9. The second-order valence-corrected chi connectivity index (χ2v) is 5.90. The Morgan fingerprint density at radius 3 is 2.59 bits per heavy atom. The molecule has 4 nitrogen and oxygen atoms in total. The van der Waals surface area contributed by atoms with Crippen molar-refractivity contribution >= 4 is 28.9 Å². The molecule has 116 valence electrons. The van der Waals surface area contributed by atoms with Crippen molar-refractivity contribution in [2.75, 3.05) is 13.9 Å². The summed E-state index contributed by atoms with van der Waals surface area (Å²) in [6.45, 7) is 0.600. The van der Waals surface area contributed by atoms with Gasteiger partial charge in [-0.3, -0.25) is 0 Å². The quantitative estimate of drug-likeness (QED) is 0.285. The van der Waals surface area contributed by atoms with Gasteiger partial charge in [0.15, 0.2) is 6.79 Å². The number of carbonyl (C=O) groups is 1. The fourth-order valence-electron chi connectivity index (χ4n) is 1.89. The normalized spacial score (nSPS) is 11.7. The topological polar surface area (TPSA) is 44.8 Å². The van der Waals surface area contributed by atoms with E-state index in [-0.39, 0.29) is 10.7 Å². The lowest BCUT2D eigenvalue weighted by Crippen LogP contribution is -2.03. The van der Waals surface area contributed by atoms with E-state index in [1.54, 1.807) is 19.2 Å². The molecule has 0 spiro atoms. The van der Waals surface area contributed by atoms with Gasteiger partial charge in [0, 0.05) is 18.7 Å². The van der Waals surface area contributed by atoms with Crippen LogP contribution in [0.15, 0.2) is 48.5 Å². The number of hydrogen-bond donors (Lipinski definition) is 0. The van der Waals surface area contributed by atoms with Crippen molar-refractivity contribution < 1.29 is 19.0 Å². The molecule has 22 heavy (non-hydrogen) atoms. The highest BCUT2D eigenvalue weighted by Crippen LogP contribution is 2.33. The fourth-order valence-corrected chi connectivity index (χ4v) is 2.41. The van der Waals surface area contributed by atoms with E-state index in [2.05, 4.69) is 22.6 Å². The summed E-state index contributed by atoms with van der Waals surface area (Å²) in [6.07, 6.45) is 0.890. The number of hydrogen-bond acceptors (Lipinski definition) is 4. The number of methoxy groups -OCH3 is 1. The molecule has 0 fully saturated rings. The third-order valence-corrected chi connectivity index (χ3v) is 3.95. The second kappa shape index (κ2) is 8.75. The number of benzene rings is 2. The minimum Gasteiger partial charge on any atom is -0.488 e. The first kappa shape index (κ1) is 16.8. The van der Waals surface area contributed by atoms with Crippen LogP contribution in [0, 0.1) is 0 Å². The molecule has 5 heteroatoms. The van der Waals surface area contributed by atoms with Crippen LogP contribution < -0.4 is 9.47 Å². The van der Waals surface area contributed by atoms with Crippen LogP contribution in [0.4, 0.5) is 0 Å². The summed E-state index contributed by atoms with van der Waals surface area (Å²) in [5.41, 5.74) is 1.89. The number of alkyl halides is 1. The van der Waals surface area contributed by atoms with Gasteiger partial charge in [-0.2, -0.15) is 0 Å². The molecule has 0 N–H and O–H groups in total. The minimum absolute atomic E-state index is 0.165. The molecule has 1 atom stereocenters. The van der Waals surface area contributed by atoms with Gasteiger partial charge in [0.25, 0.3) is 0 Å². The Bertz CT molecular complexity index is 601. The van der Waals surface area contributed by atoms with E-state index in [9.17, 15) is 4.79 Å². The van der Waals surface area contributed by atoms with Crippen LogP contribution in [0.5, 0.6) is 11.5 Å². The zero-order valence-corrected chi connectivity index (χ0v) is 14.4. The Morgan fingerprint density at radius 1 is 1.14 bits per heavy atom. The van der Waals surface area contributed by atoms with Gasteiger partial charge >= 0.3 is 0 Å². The zero-order valence-electron chi connectivity index (χ0n) is 12.2. The van der Waals surface area contributed by atoms with E-state index in [1.165, 1.54) is 0 Å². The van der Waals surface area contributed by atoms with Gasteiger partial charge < -0.3 is 19.0 Å². The molecule has 0 aliphatic rings. The summed E-state index contributed by atoms with van der Waals surface area (Å²) >= 11 is 2.08. The van der Waals surface area contributed by atoms with Crippen molar-refractivity contribution in [3.8, 4) is 11.5 Å². The van der Waals surface area contributed by atoms with Crippen LogP contribution in [0.2, 0.25) is 0 Å². The Kier molecular flexibility index (Phi) is 6.67. The molecular formula is C17H17IO4. The first-order valence-electron chi connectivity index (χ1n) is 6.76. The van der Waals surface area contributed by atoms with Gasteiger partial charge in [-0.15, -0.1) is 0 Å². The van der Waals surface area contributed by atoms with Crippen molar-refractivity contribution in [1.29, 1.82) is 0 Å². The Labute approximate surface area is 143 Å². The van der Waals surface area contributed by atoms with Gasteiger partial charge in [-0.25, -0.2) is 0 Å². The van der Waals surface area contributed by atoms with Gasteiger partial charge in [-0.05, 0) is 11.6 Å². The van der Waals surface area contributed by atoms with Crippen molar-refractivity contribution in [3.63, 3.8) is 0 Å². The predicted molar refractivity (Wildman–Crippen MR) is 92.5 cm³/mol. The molecule has 0 aliphatic carbocycles. The van der Waals surface area contributed by atoms with Gasteiger partial charge in [0.1, 0.15) is 24.4 Å². The molecule has 1 unspecified atom stereocenters. The SMILES string of the molecule is COCOc1ccc(C(I)C=O)c(OCc2ccccc2)c1. The Balaban J connectivity index is 2.18. The molecule has 0 amide bonds. The average molecular weight is 412 g/mol. The van der Waals surface area contributed by atoms with Crippen LogP contribution in [0.3, 0.4) is 0 Å². The van der Waals surface area contributed by atoms with E-state index >= 15 is 0 Å². The van der Waals surface area contributed by atoms with Gasteiger partial charge in [-0.1, -0.05) is 59.0 Å². The van der Waals surface area contributed by atoms with Crippen LogP contribution >= 0.6 is 22.6 Å². The Hall–Kier alpha value is -1.60. The third-order valence-electron chi connectivity index (χ3n) is 2.98. The number of carbonyl (C=O) groups excluding carboxylic acids is 1. The molecule has 0 bridgehead atoms. The molecule has 0 heterocycles. The maximum Gasteiger partial charge on any atom is 0.188 e. The molecule has 0 saturated heterocycles. The monoisotopic (exact) mass is 412 g/mol. The molecule has 2 rings (SSSR count). The molecule has 0 radical (unpaired) electrons. The summed E-state index contributed by atoms with van der Waals surface area (Å²) in [6, 6.07) is 15.3. The summed E-state index contributed by atoms with van der Waals surface area (Å²) in [7, 11) is 1.56. The first-order valence-corrected chi connectivity index (χ1v) is 8.01. The van der Waals surface area contributed by atoms with Crippen molar-refractivity contribution in [2.45, 2.75) is 10.5 Å². The molecule has 0 aromatic heterocycles. The lowest BCUT2D eigenvalue weighted by atomic mass is 10.1. The van der Waals surface area contributed by atoms with Crippen LogP contribution in [0.25, 0.3) is 0 Å². The molecule has 2 aromatic carbocycles. The van der Waals surface area contributed by atoms with Crippen molar-refractivity contribution in [1.82, 2.24) is 0 Å². The van der Waals surface area contributed by atoms with E-state index < -0.39 is 0 Å². The van der Waals surface area contributed by atoms with Crippen LogP contribution in [-0.2, 0) is 16.1 Å². The Morgan fingerprint density at radius 2 is 1.91 bits per heavy atom. The standard InChI is InChI=1S/C17H17IO4/c1-20-12-22-14-7-8-15(16(18)10-19)17(9-14)21-11-13-5-3-2-4-6-13/h2-10,16H,11-12H2,1H3. The molecule has 0 saturated carbocycles.